The van der Waals surface area contributed by atoms with Crippen molar-refractivity contribution in [1.82, 2.24) is 0 Å². The molecular formula is C8H6ClN2O+. The lowest BCUT2D eigenvalue weighted by molar-refractivity contribution is 0.511. The molecule has 0 saturated heterocycles. The van der Waals surface area contributed by atoms with E-state index in [0.717, 1.165) is 6.20 Å². The van der Waals surface area contributed by atoms with E-state index in [0.29, 0.717) is 10.6 Å². The Morgan fingerprint density at radius 1 is 1.42 bits per heavy atom. The summed E-state index contributed by atoms with van der Waals surface area (Å²) >= 11 is 5.62. The van der Waals surface area contributed by atoms with Crippen molar-refractivity contribution in [3.05, 3.63) is 46.0 Å². The third kappa shape index (κ3) is 1.97. The van der Waals surface area contributed by atoms with Crippen LogP contribution in [-0.4, -0.2) is 5.11 Å². The largest absolute Gasteiger partial charge is 0.501 e. The van der Waals surface area contributed by atoms with Gasteiger partial charge < -0.3 is 5.11 Å². The molecule has 3 nitrogen and oxygen atoms in total. The molecule has 1 aromatic rings. The molecular weight excluding hydrogens is 176 g/mol. The Bertz CT molecular complexity index is 337. The minimum atomic E-state index is -0.103. The third-order valence-electron chi connectivity index (χ3n) is 1.32. The average Bonchev–Trinajstić information content (AvgIpc) is 2.06. The summed E-state index contributed by atoms with van der Waals surface area (Å²) < 4.78 is 0. The number of halogens is 1. The van der Waals surface area contributed by atoms with Crippen LogP contribution in [-0.2, 0) is 0 Å². The number of aliphatic hydroxyl groups is 1. The number of benzene rings is 1. The minimum Gasteiger partial charge on any atom is -0.501 e. The van der Waals surface area contributed by atoms with Gasteiger partial charge in [-0.05, 0) is 24.3 Å². The number of rotatable bonds is 1. The number of diazo groups is 1. The highest BCUT2D eigenvalue weighted by Gasteiger charge is 2.02. The van der Waals surface area contributed by atoms with Gasteiger partial charge in [-0.1, -0.05) is 11.6 Å². The Hall–Kier alpha value is -1.53. The van der Waals surface area contributed by atoms with Crippen molar-refractivity contribution in [2.45, 2.75) is 0 Å². The van der Waals surface area contributed by atoms with Crippen LogP contribution in [0.25, 0.3) is 10.7 Å². The van der Waals surface area contributed by atoms with E-state index < -0.39 is 0 Å². The first-order valence-corrected chi connectivity index (χ1v) is 3.61. The van der Waals surface area contributed by atoms with Crippen molar-refractivity contribution < 1.29 is 5.11 Å². The van der Waals surface area contributed by atoms with E-state index in [-0.39, 0.29) is 5.76 Å². The van der Waals surface area contributed by atoms with Crippen LogP contribution in [0.5, 0.6) is 0 Å². The van der Waals surface area contributed by atoms with Gasteiger partial charge in [-0.25, -0.2) is 0 Å². The fraction of sp³-hybridized carbons (Fsp3) is 0. The van der Waals surface area contributed by atoms with Gasteiger partial charge in [0.25, 0.3) is 0 Å². The van der Waals surface area contributed by atoms with Crippen molar-refractivity contribution in [2.75, 3.05) is 0 Å². The predicted octanol–water partition coefficient (Wildman–Crippen LogP) is 3.05. The van der Waals surface area contributed by atoms with Gasteiger partial charge in [0.15, 0.2) is 4.98 Å². The van der Waals surface area contributed by atoms with Crippen LogP contribution in [0, 0.1) is 5.39 Å². The van der Waals surface area contributed by atoms with Gasteiger partial charge in [0.1, 0.15) is 0 Å². The fourth-order valence-electron chi connectivity index (χ4n) is 0.750. The molecule has 0 aliphatic rings. The summed E-state index contributed by atoms with van der Waals surface area (Å²) in [4.78, 5) is 2.69. The Kier molecular flexibility index (Phi) is 2.67. The standard InChI is InChI=1S/C8H5ClN2O/c9-7-3-1-6(2-4-7)8(12)5-11-10/h1-5H/p+1/b8-5-. The van der Waals surface area contributed by atoms with Gasteiger partial charge in [0.05, 0.1) is 0 Å². The second kappa shape index (κ2) is 3.74. The molecule has 0 saturated carbocycles. The third-order valence-corrected chi connectivity index (χ3v) is 1.57. The Morgan fingerprint density at radius 3 is 2.50 bits per heavy atom. The summed E-state index contributed by atoms with van der Waals surface area (Å²) in [5.74, 6) is -0.103. The average molecular weight is 182 g/mol. The molecule has 0 aliphatic heterocycles. The molecule has 12 heavy (non-hydrogen) atoms. The first-order chi connectivity index (χ1) is 5.74. The molecule has 0 atom stereocenters. The van der Waals surface area contributed by atoms with Crippen LogP contribution in [0.2, 0.25) is 5.02 Å². The lowest BCUT2D eigenvalue weighted by Crippen LogP contribution is -1.79. The molecule has 0 aliphatic carbocycles. The fourth-order valence-corrected chi connectivity index (χ4v) is 0.876. The zero-order chi connectivity index (χ0) is 8.97. The molecule has 0 aromatic heterocycles. The number of nitrogens with zero attached hydrogens (tertiary/aromatic N) is 2. The number of hydrogen-bond acceptors (Lipinski definition) is 2. The van der Waals surface area contributed by atoms with Crippen LogP contribution < -0.4 is 0 Å². The topological polar surface area (TPSA) is 48.4 Å². The molecule has 1 rings (SSSR count). The zero-order valence-electron chi connectivity index (χ0n) is 6.11. The Morgan fingerprint density at radius 2 is 2.00 bits per heavy atom. The van der Waals surface area contributed by atoms with Crippen molar-refractivity contribution in [1.29, 1.82) is 5.39 Å². The normalized spacial score (nSPS) is 10.8. The first kappa shape index (κ1) is 8.57. The van der Waals surface area contributed by atoms with Crippen molar-refractivity contribution in [3.63, 3.8) is 0 Å². The van der Waals surface area contributed by atoms with E-state index in [4.69, 9.17) is 17.0 Å². The molecule has 0 spiro atoms. The van der Waals surface area contributed by atoms with Gasteiger partial charge in [-0.3, -0.25) is 0 Å². The van der Waals surface area contributed by atoms with Crippen molar-refractivity contribution in [3.8, 4) is 0 Å². The maximum absolute atomic E-state index is 9.18. The molecule has 1 N–H and O–H groups in total. The lowest BCUT2D eigenvalue weighted by atomic mass is 10.2. The van der Waals surface area contributed by atoms with Crippen molar-refractivity contribution in [2.24, 2.45) is 0 Å². The van der Waals surface area contributed by atoms with Crippen molar-refractivity contribution >= 4 is 17.4 Å². The molecule has 60 valence electrons. The van der Waals surface area contributed by atoms with E-state index in [9.17, 15) is 5.11 Å². The maximum Gasteiger partial charge on any atom is 0.392 e. The minimum absolute atomic E-state index is 0.103. The summed E-state index contributed by atoms with van der Waals surface area (Å²) in [6, 6.07) is 6.52. The summed E-state index contributed by atoms with van der Waals surface area (Å²) in [5.41, 5.74) is 0.553. The smallest absolute Gasteiger partial charge is 0.392 e. The number of aliphatic hydroxyl groups excluding tert-OH is 1. The summed E-state index contributed by atoms with van der Waals surface area (Å²) in [5, 5.41) is 17.9. The van der Waals surface area contributed by atoms with Gasteiger partial charge in [0, 0.05) is 10.6 Å². The molecule has 0 radical (unpaired) electrons. The SMILES string of the molecule is N#[N+]/C=C(\O)c1ccc(Cl)cc1. The van der Waals surface area contributed by atoms with Gasteiger partial charge in [0.2, 0.25) is 11.2 Å². The van der Waals surface area contributed by atoms with E-state index in [1.807, 2.05) is 0 Å². The van der Waals surface area contributed by atoms with E-state index in [2.05, 4.69) is 4.98 Å². The molecule has 0 heterocycles. The quantitative estimate of drug-likeness (QED) is 0.535. The monoisotopic (exact) mass is 181 g/mol. The maximum atomic E-state index is 9.18. The highest BCUT2D eigenvalue weighted by atomic mass is 35.5. The summed E-state index contributed by atoms with van der Waals surface area (Å²) in [6.45, 7) is 0. The van der Waals surface area contributed by atoms with E-state index in [1.165, 1.54) is 0 Å². The molecule has 0 fully saturated rings. The van der Waals surface area contributed by atoms with Crippen LogP contribution in [0.15, 0.2) is 30.5 Å². The van der Waals surface area contributed by atoms with Gasteiger partial charge >= 0.3 is 6.20 Å². The predicted molar refractivity (Wildman–Crippen MR) is 47.1 cm³/mol. The molecule has 0 amide bonds. The number of hydrogen-bond donors (Lipinski definition) is 1. The zero-order valence-corrected chi connectivity index (χ0v) is 6.86. The second-order valence-electron chi connectivity index (χ2n) is 2.14. The first-order valence-electron chi connectivity index (χ1n) is 3.23. The summed E-state index contributed by atoms with van der Waals surface area (Å²) in [7, 11) is 0. The Labute approximate surface area is 74.5 Å². The highest BCUT2D eigenvalue weighted by Crippen LogP contribution is 2.15. The van der Waals surface area contributed by atoms with E-state index >= 15 is 0 Å². The Balaban J connectivity index is 2.99. The summed E-state index contributed by atoms with van der Waals surface area (Å²) in [6.07, 6.45) is 0.948. The van der Waals surface area contributed by atoms with Crippen LogP contribution in [0.1, 0.15) is 5.56 Å². The van der Waals surface area contributed by atoms with Crippen LogP contribution in [0.3, 0.4) is 0 Å². The molecule has 0 unspecified atom stereocenters. The highest BCUT2D eigenvalue weighted by molar-refractivity contribution is 6.30. The lowest BCUT2D eigenvalue weighted by Gasteiger charge is -1.94. The molecule has 1 aromatic carbocycles. The van der Waals surface area contributed by atoms with Gasteiger partial charge in [-0.15, -0.1) is 0 Å². The van der Waals surface area contributed by atoms with E-state index in [1.54, 1.807) is 24.3 Å². The second-order valence-corrected chi connectivity index (χ2v) is 2.57. The van der Waals surface area contributed by atoms with Crippen LogP contribution in [0.4, 0.5) is 0 Å². The molecule has 4 heteroatoms. The van der Waals surface area contributed by atoms with Crippen LogP contribution >= 0.6 is 11.6 Å². The molecule has 0 bridgehead atoms. The van der Waals surface area contributed by atoms with Gasteiger partial charge in [-0.2, -0.15) is 0 Å².